The van der Waals surface area contributed by atoms with Crippen molar-refractivity contribution in [3.05, 3.63) is 41.7 Å². The number of rotatable bonds is 5. The summed E-state index contributed by atoms with van der Waals surface area (Å²) in [5.41, 5.74) is 6.90. The summed E-state index contributed by atoms with van der Waals surface area (Å²) in [6, 6.07) is 6.53. The Hall–Kier alpha value is -2.50. The number of ether oxygens (including phenoxy) is 1. The van der Waals surface area contributed by atoms with Crippen molar-refractivity contribution in [1.82, 2.24) is 9.78 Å². The van der Waals surface area contributed by atoms with Gasteiger partial charge in [-0.3, -0.25) is 4.68 Å². The molecular weight excluding hydrogens is 246 g/mol. The first-order valence-corrected chi connectivity index (χ1v) is 5.80. The minimum absolute atomic E-state index is 0.0537. The molecule has 0 fully saturated rings. The highest BCUT2D eigenvalue weighted by molar-refractivity contribution is 5.94. The summed E-state index contributed by atoms with van der Waals surface area (Å²) >= 11 is 0. The van der Waals surface area contributed by atoms with Crippen LogP contribution in [0, 0.1) is 0 Å². The van der Waals surface area contributed by atoms with Crippen LogP contribution in [0.25, 0.3) is 0 Å². The Bertz CT molecular complexity index is 593. The molecule has 0 saturated carbocycles. The average Bonchev–Trinajstić information content (AvgIpc) is 2.77. The second-order valence-corrected chi connectivity index (χ2v) is 4.10. The molecule has 1 aromatic carbocycles. The molecule has 1 heterocycles. The average molecular weight is 261 g/mol. The minimum atomic E-state index is -1.06. The van der Waals surface area contributed by atoms with Crippen LogP contribution in [-0.2, 0) is 13.5 Å². The molecule has 3 N–H and O–H groups in total. The van der Waals surface area contributed by atoms with E-state index in [0.717, 1.165) is 5.69 Å². The molecule has 1 aromatic heterocycles. The molecule has 6 heteroatoms. The van der Waals surface area contributed by atoms with Gasteiger partial charge in [-0.15, -0.1) is 0 Å². The van der Waals surface area contributed by atoms with Crippen LogP contribution >= 0.6 is 0 Å². The molecule has 0 bridgehead atoms. The third kappa shape index (κ3) is 3.04. The fraction of sp³-hybridized carbons (Fsp3) is 0.231. The van der Waals surface area contributed by atoms with Crippen molar-refractivity contribution in [2.24, 2.45) is 7.05 Å². The number of aromatic nitrogens is 2. The number of aromatic carboxylic acids is 1. The van der Waals surface area contributed by atoms with Crippen LogP contribution in [0.4, 0.5) is 5.69 Å². The lowest BCUT2D eigenvalue weighted by Gasteiger charge is -2.08. The van der Waals surface area contributed by atoms with Gasteiger partial charge in [0.1, 0.15) is 5.75 Å². The first-order valence-electron chi connectivity index (χ1n) is 5.80. The van der Waals surface area contributed by atoms with Crippen molar-refractivity contribution in [3.8, 4) is 5.75 Å². The number of benzene rings is 1. The normalized spacial score (nSPS) is 10.4. The van der Waals surface area contributed by atoms with Crippen molar-refractivity contribution < 1.29 is 14.6 Å². The van der Waals surface area contributed by atoms with Gasteiger partial charge in [-0.2, -0.15) is 5.10 Å². The van der Waals surface area contributed by atoms with E-state index in [1.54, 1.807) is 16.9 Å². The molecule has 0 aliphatic rings. The van der Waals surface area contributed by atoms with E-state index in [9.17, 15) is 4.79 Å². The molecule has 2 aromatic rings. The summed E-state index contributed by atoms with van der Waals surface area (Å²) < 4.78 is 7.29. The van der Waals surface area contributed by atoms with Crippen molar-refractivity contribution in [2.45, 2.75) is 6.42 Å². The molecule has 0 radical (unpaired) electrons. The summed E-state index contributed by atoms with van der Waals surface area (Å²) in [4.78, 5) is 10.9. The van der Waals surface area contributed by atoms with Gasteiger partial charge >= 0.3 is 5.97 Å². The Morgan fingerprint density at radius 3 is 2.89 bits per heavy atom. The van der Waals surface area contributed by atoms with Crippen molar-refractivity contribution in [3.63, 3.8) is 0 Å². The highest BCUT2D eigenvalue weighted by atomic mass is 16.5. The first kappa shape index (κ1) is 12.9. The number of aryl methyl sites for hydroxylation is 1. The maximum atomic E-state index is 10.9. The van der Waals surface area contributed by atoms with Gasteiger partial charge in [-0.05, 0) is 24.3 Å². The number of carboxylic acids is 1. The van der Waals surface area contributed by atoms with Crippen LogP contribution < -0.4 is 10.5 Å². The molecule has 100 valence electrons. The Balaban J connectivity index is 1.98. The number of carbonyl (C=O) groups is 1. The maximum Gasteiger partial charge on any atom is 0.337 e. The van der Waals surface area contributed by atoms with Gasteiger partial charge in [0.05, 0.1) is 12.2 Å². The number of nitrogens with zero attached hydrogens (tertiary/aromatic N) is 2. The lowest BCUT2D eigenvalue weighted by Crippen LogP contribution is -2.07. The number of nitrogen functional groups attached to an aromatic ring is 1. The number of hydrogen-bond acceptors (Lipinski definition) is 4. The van der Waals surface area contributed by atoms with Crippen LogP contribution in [0.1, 0.15) is 16.1 Å². The summed E-state index contributed by atoms with van der Waals surface area (Å²) in [7, 11) is 1.86. The van der Waals surface area contributed by atoms with Crippen LogP contribution in [0.15, 0.2) is 30.5 Å². The molecule has 0 aliphatic heterocycles. The highest BCUT2D eigenvalue weighted by Gasteiger charge is 2.09. The largest absolute Gasteiger partial charge is 0.493 e. The van der Waals surface area contributed by atoms with E-state index in [1.807, 2.05) is 13.1 Å². The van der Waals surface area contributed by atoms with Gasteiger partial charge in [0.15, 0.2) is 0 Å². The van der Waals surface area contributed by atoms with Crippen LogP contribution in [0.5, 0.6) is 5.75 Å². The first-order chi connectivity index (χ1) is 9.08. The van der Waals surface area contributed by atoms with E-state index in [2.05, 4.69) is 5.10 Å². The zero-order valence-electron chi connectivity index (χ0n) is 10.5. The van der Waals surface area contributed by atoms with E-state index in [-0.39, 0.29) is 11.3 Å². The topological polar surface area (TPSA) is 90.4 Å². The summed E-state index contributed by atoms with van der Waals surface area (Å²) in [6.07, 6.45) is 2.42. The van der Waals surface area contributed by atoms with Crippen LogP contribution in [0.3, 0.4) is 0 Å². The third-order valence-corrected chi connectivity index (χ3v) is 2.80. The molecule has 6 nitrogen and oxygen atoms in total. The molecule has 0 amide bonds. The molecule has 19 heavy (non-hydrogen) atoms. The fourth-order valence-electron chi connectivity index (χ4n) is 1.73. The van der Waals surface area contributed by atoms with Gasteiger partial charge in [0.2, 0.25) is 0 Å². The minimum Gasteiger partial charge on any atom is -0.493 e. The fourth-order valence-corrected chi connectivity index (χ4v) is 1.73. The van der Waals surface area contributed by atoms with E-state index < -0.39 is 5.97 Å². The summed E-state index contributed by atoms with van der Waals surface area (Å²) in [5.74, 6) is -0.566. The molecule has 2 rings (SSSR count). The zero-order chi connectivity index (χ0) is 13.8. The number of carboxylic acid groups (broad SMARTS) is 1. The van der Waals surface area contributed by atoms with E-state index in [4.69, 9.17) is 15.6 Å². The van der Waals surface area contributed by atoms with Gasteiger partial charge in [-0.1, -0.05) is 0 Å². The molecule has 0 atom stereocenters. The van der Waals surface area contributed by atoms with Crippen molar-refractivity contribution in [2.75, 3.05) is 12.3 Å². The predicted octanol–water partition coefficient (Wildman–Crippen LogP) is 1.32. The van der Waals surface area contributed by atoms with E-state index in [1.165, 1.54) is 12.1 Å². The third-order valence-electron chi connectivity index (χ3n) is 2.80. The lowest BCUT2D eigenvalue weighted by molar-refractivity contribution is 0.0697. The highest BCUT2D eigenvalue weighted by Crippen LogP contribution is 2.19. The molecule has 0 saturated heterocycles. The Morgan fingerprint density at radius 1 is 1.47 bits per heavy atom. The summed E-state index contributed by atoms with van der Waals surface area (Å²) in [5, 5.41) is 13.0. The Kier molecular flexibility index (Phi) is 3.70. The maximum absolute atomic E-state index is 10.9. The number of nitrogens with two attached hydrogens (primary N) is 1. The Morgan fingerprint density at radius 2 is 2.26 bits per heavy atom. The summed E-state index contributed by atoms with van der Waals surface area (Å²) in [6.45, 7) is 0.447. The van der Waals surface area contributed by atoms with Gasteiger partial charge in [-0.25, -0.2) is 4.79 Å². The lowest BCUT2D eigenvalue weighted by atomic mass is 10.2. The van der Waals surface area contributed by atoms with Crippen LogP contribution in [-0.4, -0.2) is 27.5 Å². The monoisotopic (exact) mass is 261 g/mol. The van der Waals surface area contributed by atoms with E-state index in [0.29, 0.717) is 18.8 Å². The molecule has 0 spiro atoms. The number of hydrogen-bond donors (Lipinski definition) is 2. The second kappa shape index (κ2) is 5.43. The smallest absolute Gasteiger partial charge is 0.337 e. The molecule has 0 unspecified atom stereocenters. The zero-order valence-corrected chi connectivity index (χ0v) is 10.5. The molecule has 0 aliphatic carbocycles. The van der Waals surface area contributed by atoms with Gasteiger partial charge in [0, 0.05) is 31.0 Å². The van der Waals surface area contributed by atoms with Gasteiger partial charge < -0.3 is 15.6 Å². The second-order valence-electron chi connectivity index (χ2n) is 4.10. The Labute approximate surface area is 110 Å². The SMILES string of the molecule is Cn1nccc1CCOc1ccc(N)c(C(=O)O)c1. The predicted molar refractivity (Wildman–Crippen MR) is 70.2 cm³/mol. The standard InChI is InChI=1S/C13H15N3O3/c1-16-9(4-6-15-16)5-7-19-10-2-3-12(14)11(8-10)13(17)18/h2-4,6,8H,5,7,14H2,1H3,(H,17,18). The van der Waals surface area contributed by atoms with E-state index >= 15 is 0 Å². The number of anilines is 1. The quantitative estimate of drug-likeness (QED) is 0.792. The molecular formula is C13H15N3O3. The van der Waals surface area contributed by atoms with Crippen LogP contribution in [0.2, 0.25) is 0 Å². The van der Waals surface area contributed by atoms with Crippen molar-refractivity contribution in [1.29, 1.82) is 0 Å². The van der Waals surface area contributed by atoms with Gasteiger partial charge in [0.25, 0.3) is 0 Å². The van der Waals surface area contributed by atoms with Crippen molar-refractivity contribution >= 4 is 11.7 Å².